The van der Waals surface area contributed by atoms with E-state index in [0.29, 0.717) is 36.3 Å². The molecule has 0 aromatic heterocycles. The monoisotopic (exact) mass is 627 g/mol. The van der Waals surface area contributed by atoms with Gasteiger partial charge >= 0.3 is 35.7 Å². The van der Waals surface area contributed by atoms with Crippen LogP contribution >= 0.6 is 0 Å². The van der Waals surface area contributed by atoms with Crippen molar-refractivity contribution in [1.82, 2.24) is 10.2 Å². The number of carbonyl (C=O) groups excluding carboxylic acids is 3. The number of aliphatic carboxylic acids is 1. The molecule has 1 spiro atoms. The van der Waals surface area contributed by atoms with E-state index in [1.165, 1.54) is 17.7 Å². The van der Waals surface area contributed by atoms with Crippen LogP contribution in [0.3, 0.4) is 0 Å². The smallest absolute Gasteiger partial charge is 0.550 e. The number of nitrogens with zero attached hydrogens (tertiary/aromatic N) is 2. The largest absolute Gasteiger partial charge is 1.00 e. The van der Waals surface area contributed by atoms with Gasteiger partial charge in [0.15, 0.2) is 0 Å². The fourth-order valence-corrected chi connectivity index (χ4v) is 6.35. The van der Waals surface area contributed by atoms with Crippen LogP contribution in [0.5, 0.6) is 0 Å². The number of benzene rings is 3. The van der Waals surface area contributed by atoms with Crippen LogP contribution in [0.4, 0.5) is 13.2 Å². The normalized spacial score (nSPS) is 20.4. The third kappa shape index (κ3) is 7.51. The summed E-state index contributed by atoms with van der Waals surface area (Å²) in [5.74, 6) is -1.71. The Kier molecular flexibility index (Phi) is 10.9. The Bertz CT molecular complexity index is 1540. The molecule has 45 heavy (non-hydrogen) atoms. The summed E-state index contributed by atoms with van der Waals surface area (Å²) in [5, 5.41) is 13.2. The van der Waals surface area contributed by atoms with Crippen molar-refractivity contribution in [2.24, 2.45) is 4.99 Å². The maximum absolute atomic E-state index is 14.2. The van der Waals surface area contributed by atoms with E-state index in [-0.39, 0.29) is 54.1 Å². The molecule has 2 aliphatic rings. The number of alkyl halides is 3. The summed E-state index contributed by atoms with van der Waals surface area (Å²) in [7, 11) is 0. The zero-order chi connectivity index (χ0) is 31.5. The second-order valence-corrected chi connectivity index (χ2v) is 11.3. The second kappa shape index (κ2) is 14.3. The Morgan fingerprint density at radius 2 is 1.62 bits per heavy atom. The maximum Gasteiger partial charge on any atom is 1.00 e. The number of rotatable bonds is 9. The number of carboxylic acid groups (broad SMARTS) is 1. The van der Waals surface area contributed by atoms with Crippen molar-refractivity contribution in [3.8, 4) is 0 Å². The predicted molar refractivity (Wildman–Crippen MR) is 157 cm³/mol. The van der Waals surface area contributed by atoms with Crippen molar-refractivity contribution in [3.63, 3.8) is 0 Å². The average molecular weight is 628 g/mol. The molecular formula is C34H33F3N3NaO4. The Morgan fingerprint density at radius 3 is 2.18 bits per heavy atom. The molecule has 1 saturated carbocycles. The first-order chi connectivity index (χ1) is 21.0. The van der Waals surface area contributed by atoms with Crippen LogP contribution in [-0.2, 0) is 15.8 Å². The van der Waals surface area contributed by atoms with Gasteiger partial charge in [0.25, 0.3) is 11.8 Å². The Balaban J connectivity index is 0.00000461. The van der Waals surface area contributed by atoms with Gasteiger partial charge in [-0.3, -0.25) is 14.6 Å². The SMILES string of the molecule is CC[C@H](c1ccc(C(=O)NCCC(=O)[O-])cc1)N1C(=O)C(c2ccc(C(F)(F)F)cc2)=NC12CCC(c1ccccc1)CC2.[Na+]. The van der Waals surface area contributed by atoms with Crippen LogP contribution in [0, 0.1) is 0 Å². The van der Waals surface area contributed by atoms with Crippen LogP contribution in [-0.4, -0.2) is 40.6 Å². The number of carboxylic acids is 1. The summed E-state index contributed by atoms with van der Waals surface area (Å²) in [6, 6.07) is 21.1. The van der Waals surface area contributed by atoms with Crippen LogP contribution in [0.1, 0.15) is 90.0 Å². The Hall–Kier alpha value is -3.47. The van der Waals surface area contributed by atoms with E-state index >= 15 is 0 Å². The fraction of sp³-hybridized carbons (Fsp3) is 0.353. The molecule has 3 aromatic carbocycles. The number of amides is 2. The van der Waals surface area contributed by atoms with Crippen LogP contribution in [0.2, 0.25) is 0 Å². The Labute approximate surface area is 282 Å². The molecule has 1 fully saturated rings. The molecule has 1 N–H and O–H groups in total. The number of aliphatic imine (C=N–C) groups is 1. The van der Waals surface area contributed by atoms with E-state index in [1.54, 1.807) is 29.2 Å². The molecule has 0 saturated heterocycles. The van der Waals surface area contributed by atoms with Crippen molar-refractivity contribution in [3.05, 3.63) is 107 Å². The van der Waals surface area contributed by atoms with E-state index < -0.39 is 35.3 Å². The third-order valence-electron chi connectivity index (χ3n) is 8.60. The number of hydrogen-bond acceptors (Lipinski definition) is 5. The summed E-state index contributed by atoms with van der Waals surface area (Å²) in [4.78, 5) is 44.1. The van der Waals surface area contributed by atoms with Crippen LogP contribution in [0.15, 0.2) is 83.9 Å². The van der Waals surface area contributed by atoms with Gasteiger partial charge in [0.1, 0.15) is 11.4 Å². The minimum atomic E-state index is -4.49. The zero-order valence-corrected chi connectivity index (χ0v) is 27.3. The van der Waals surface area contributed by atoms with Gasteiger partial charge in [-0.05, 0) is 73.4 Å². The summed E-state index contributed by atoms with van der Waals surface area (Å²) in [6.45, 7) is 1.90. The van der Waals surface area contributed by atoms with Crippen molar-refractivity contribution in [1.29, 1.82) is 0 Å². The molecule has 3 aromatic rings. The van der Waals surface area contributed by atoms with Crippen molar-refractivity contribution in [2.75, 3.05) is 6.54 Å². The fourth-order valence-electron chi connectivity index (χ4n) is 6.35. The minimum absolute atomic E-state index is 0. The van der Waals surface area contributed by atoms with E-state index in [2.05, 4.69) is 17.4 Å². The number of hydrogen-bond donors (Lipinski definition) is 1. The first kappa shape index (κ1) is 34.4. The van der Waals surface area contributed by atoms with E-state index in [1.807, 2.05) is 25.1 Å². The van der Waals surface area contributed by atoms with Gasteiger partial charge in [-0.2, -0.15) is 13.2 Å². The quantitative estimate of drug-likeness (QED) is 0.369. The van der Waals surface area contributed by atoms with Crippen LogP contribution < -0.4 is 40.0 Å². The van der Waals surface area contributed by atoms with Gasteiger partial charge < -0.3 is 20.1 Å². The third-order valence-corrected chi connectivity index (χ3v) is 8.60. The van der Waals surface area contributed by atoms with Crippen molar-refractivity contribution < 1.29 is 62.2 Å². The maximum atomic E-state index is 14.2. The molecule has 230 valence electrons. The molecule has 1 heterocycles. The van der Waals surface area contributed by atoms with Gasteiger partial charge in [-0.15, -0.1) is 0 Å². The molecule has 1 aliphatic carbocycles. The molecule has 1 atom stereocenters. The molecule has 5 rings (SSSR count). The number of halogens is 3. The van der Waals surface area contributed by atoms with E-state index in [9.17, 15) is 32.7 Å². The van der Waals surface area contributed by atoms with Gasteiger partial charge in [-0.1, -0.05) is 61.5 Å². The molecule has 2 amide bonds. The van der Waals surface area contributed by atoms with Crippen LogP contribution in [0.25, 0.3) is 0 Å². The summed E-state index contributed by atoms with van der Waals surface area (Å²) >= 11 is 0. The van der Waals surface area contributed by atoms with Gasteiger partial charge in [0.05, 0.1) is 11.6 Å². The predicted octanol–water partition coefficient (Wildman–Crippen LogP) is 2.42. The standard InChI is InChI=1S/C34H34F3N3O4.Na/c1-2-28(24-8-10-26(11-9-24)31(43)38-21-18-29(41)42)40-32(44)30(25-12-14-27(15-13-25)34(35,36)37)39-33(40)19-16-23(17-20-33)22-6-4-3-5-7-22;/h3-15,23,28H,2,16-21H2,1H3,(H,38,43)(H,41,42);/q;+1/p-1/t23?,28-,33?;/m1./s1. The van der Waals surface area contributed by atoms with E-state index in [4.69, 9.17) is 4.99 Å². The summed E-state index contributed by atoms with van der Waals surface area (Å²) in [5.41, 5.74) is 1.20. The van der Waals surface area contributed by atoms with Crippen molar-refractivity contribution >= 4 is 23.5 Å². The van der Waals surface area contributed by atoms with Gasteiger partial charge in [-0.25, -0.2) is 0 Å². The average Bonchev–Trinajstić information content (AvgIpc) is 3.29. The summed E-state index contributed by atoms with van der Waals surface area (Å²) < 4.78 is 39.8. The Morgan fingerprint density at radius 1 is 1.00 bits per heavy atom. The molecule has 1 aliphatic heterocycles. The number of nitrogens with one attached hydrogen (secondary N) is 1. The molecule has 0 radical (unpaired) electrons. The number of carbonyl (C=O) groups is 3. The molecule has 0 unspecified atom stereocenters. The molecule has 11 heteroatoms. The van der Waals surface area contributed by atoms with Gasteiger partial charge in [0.2, 0.25) is 0 Å². The first-order valence-electron chi connectivity index (χ1n) is 14.8. The first-order valence-corrected chi connectivity index (χ1v) is 14.8. The minimum Gasteiger partial charge on any atom is -0.550 e. The zero-order valence-electron chi connectivity index (χ0n) is 25.3. The molecule has 0 bridgehead atoms. The molecular weight excluding hydrogens is 594 g/mol. The molecule has 7 nitrogen and oxygen atoms in total. The summed E-state index contributed by atoms with van der Waals surface area (Å²) in [6.07, 6.45) is -1.48. The van der Waals surface area contributed by atoms with E-state index in [0.717, 1.165) is 30.5 Å². The topological polar surface area (TPSA) is 102 Å². The second-order valence-electron chi connectivity index (χ2n) is 11.3. The van der Waals surface area contributed by atoms with Crippen molar-refractivity contribution in [2.45, 2.75) is 69.2 Å². The van der Waals surface area contributed by atoms with Gasteiger partial charge in [0, 0.05) is 30.1 Å².